The first-order valence-corrected chi connectivity index (χ1v) is 6.10. The molecule has 0 spiro atoms. The molecule has 1 atom stereocenters. The first-order chi connectivity index (χ1) is 7.22. The highest BCUT2D eigenvalue weighted by atomic mass is 16.5. The van der Waals surface area contributed by atoms with E-state index in [-0.39, 0.29) is 12.1 Å². The van der Waals surface area contributed by atoms with Gasteiger partial charge in [-0.2, -0.15) is 0 Å². The number of aliphatic hydroxyl groups excluding tert-OH is 1. The average Bonchev–Trinajstić information content (AvgIpc) is 2.27. The van der Waals surface area contributed by atoms with Crippen LogP contribution >= 0.6 is 0 Å². The molecule has 1 aliphatic carbocycles. The van der Waals surface area contributed by atoms with Gasteiger partial charge in [0.2, 0.25) is 0 Å². The third-order valence-electron chi connectivity index (χ3n) is 3.42. The molecule has 3 heteroatoms. The standard InChI is InChI=1S/C12H25NO2/c1-11(6-9-15-2)13-12(10-14)7-4-3-5-8-12/h11,13-14H,3-10H2,1-2H3. The zero-order chi connectivity index (χ0) is 11.1. The molecule has 0 aromatic carbocycles. The van der Waals surface area contributed by atoms with Gasteiger partial charge in [-0.1, -0.05) is 19.3 Å². The molecule has 2 N–H and O–H groups in total. The lowest BCUT2D eigenvalue weighted by Crippen LogP contribution is -2.53. The quantitative estimate of drug-likeness (QED) is 0.708. The van der Waals surface area contributed by atoms with Crippen molar-refractivity contribution in [3.05, 3.63) is 0 Å². The number of ether oxygens (including phenoxy) is 1. The molecule has 1 aliphatic rings. The Morgan fingerprint density at radius 1 is 1.33 bits per heavy atom. The van der Waals surface area contributed by atoms with Gasteiger partial charge in [-0.3, -0.25) is 0 Å². The van der Waals surface area contributed by atoms with Crippen molar-refractivity contribution >= 4 is 0 Å². The Morgan fingerprint density at radius 3 is 2.53 bits per heavy atom. The van der Waals surface area contributed by atoms with Crippen LogP contribution in [0.1, 0.15) is 45.4 Å². The van der Waals surface area contributed by atoms with Gasteiger partial charge in [-0.15, -0.1) is 0 Å². The fourth-order valence-electron chi connectivity index (χ4n) is 2.47. The Balaban J connectivity index is 2.37. The largest absolute Gasteiger partial charge is 0.394 e. The van der Waals surface area contributed by atoms with Crippen LogP contribution in [0.2, 0.25) is 0 Å². The lowest BCUT2D eigenvalue weighted by atomic mass is 9.81. The highest BCUT2D eigenvalue weighted by Crippen LogP contribution is 2.28. The second kappa shape index (κ2) is 6.46. The summed E-state index contributed by atoms with van der Waals surface area (Å²) < 4.78 is 5.07. The van der Waals surface area contributed by atoms with Crippen LogP contribution in [0.3, 0.4) is 0 Å². The lowest BCUT2D eigenvalue weighted by Gasteiger charge is -2.39. The van der Waals surface area contributed by atoms with Gasteiger partial charge in [0, 0.05) is 25.3 Å². The van der Waals surface area contributed by atoms with E-state index in [0.717, 1.165) is 25.9 Å². The van der Waals surface area contributed by atoms with E-state index >= 15 is 0 Å². The first-order valence-electron chi connectivity index (χ1n) is 6.10. The van der Waals surface area contributed by atoms with Gasteiger partial charge in [0.05, 0.1) is 6.61 Å². The fourth-order valence-corrected chi connectivity index (χ4v) is 2.47. The van der Waals surface area contributed by atoms with Crippen LogP contribution in [-0.2, 0) is 4.74 Å². The molecular weight excluding hydrogens is 190 g/mol. The molecule has 0 amide bonds. The smallest absolute Gasteiger partial charge is 0.0613 e. The lowest BCUT2D eigenvalue weighted by molar-refractivity contribution is 0.101. The third kappa shape index (κ3) is 4.09. The van der Waals surface area contributed by atoms with Crippen molar-refractivity contribution in [3.8, 4) is 0 Å². The summed E-state index contributed by atoms with van der Waals surface area (Å²) in [6.07, 6.45) is 7.03. The minimum Gasteiger partial charge on any atom is -0.394 e. The molecule has 0 saturated heterocycles. The van der Waals surface area contributed by atoms with E-state index in [1.54, 1.807) is 7.11 Å². The molecule has 0 aliphatic heterocycles. The molecule has 15 heavy (non-hydrogen) atoms. The van der Waals surface area contributed by atoms with Crippen LogP contribution in [0.4, 0.5) is 0 Å². The van der Waals surface area contributed by atoms with Gasteiger partial charge in [0.25, 0.3) is 0 Å². The molecule has 1 unspecified atom stereocenters. The number of hydrogen-bond donors (Lipinski definition) is 2. The fraction of sp³-hybridized carbons (Fsp3) is 1.00. The molecule has 0 heterocycles. The van der Waals surface area contributed by atoms with E-state index in [2.05, 4.69) is 12.2 Å². The molecule has 1 fully saturated rings. The van der Waals surface area contributed by atoms with Gasteiger partial charge >= 0.3 is 0 Å². The molecular formula is C12H25NO2. The molecule has 90 valence electrons. The molecule has 1 saturated carbocycles. The van der Waals surface area contributed by atoms with Crippen molar-refractivity contribution in [2.75, 3.05) is 20.3 Å². The van der Waals surface area contributed by atoms with E-state index in [4.69, 9.17) is 4.74 Å². The SMILES string of the molecule is COCCC(C)NC1(CO)CCCCC1. The molecule has 1 rings (SSSR count). The van der Waals surface area contributed by atoms with Crippen LogP contribution in [0, 0.1) is 0 Å². The second-order valence-corrected chi connectivity index (χ2v) is 4.83. The number of nitrogens with one attached hydrogen (secondary N) is 1. The molecule has 0 aromatic heterocycles. The van der Waals surface area contributed by atoms with Gasteiger partial charge in [0.1, 0.15) is 0 Å². The van der Waals surface area contributed by atoms with E-state index in [0.29, 0.717) is 6.04 Å². The van der Waals surface area contributed by atoms with Gasteiger partial charge < -0.3 is 15.2 Å². The summed E-state index contributed by atoms with van der Waals surface area (Å²) in [6.45, 7) is 3.23. The Bertz CT molecular complexity index is 167. The van der Waals surface area contributed by atoms with Crippen LogP contribution in [0.5, 0.6) is 0 Å². The Morgan fingerprint density at radius 2 is 2.00 bits per heavy atom. The van der Waals surface area contributed by atoms with Crippen molar-refractivity contribution in [1.82, 2.24) is 5.32 Å². The van der Waals surface area contributed by atoms with Gasteiger partial charge in [-0.05, 0) is 26.2 Å². The van der Waals surface area contributed by atoms with Crippen LogP contribution in [0.15, 0.2) is 0 Å². The van der Waals surface area contributed by atoms with E-state index < -0.39 is 0 Å². The summed E-state index contributed by atoms with van der Waals surface area (Å²) in [5.41, 5.74) is -0.00852. The monoisotopic (exact) mass is 215 g/mol. The minimum absolute atomic E-state index is 0.00852. The van der Waals surface area contributed by atoms with Crippen LogP contribution in [0.25, 0.3) is 0 Å². The maximum absolute atomic E-state index is 9.52. The summed E-state index contributed by atoms with van der Waals surface area (Å²) >= 11 is 0. The zero-order valence-electron chi connectivity index (χ0n) is 10.1. The van der Waals surface area contributed by atoms with Crippen molar-refractivity contribution in [2.45, 2.75) is 57.0 Å². The molecule has 0 radical (unpaired) electrons. The maximum Gasteiger partial charge on any atom is 0.0613 e. The van der Waals surface area contributed by atoms with Crippen molar-refractivity contribution in [1.29, 1.82) is 0 Å². The topological polar surface area (TPSA) is 41.5 Å². The van der Waals surface area contributed by atoms with Crippen molar-refractivity contribution < 1.29 is 9.84 Å². The number of aliphatic hydroxyl groups is 1. The highest BCUT2D eigenvalue weighted by molar-refractivity contribution is 4.91. The Hall–Kier alpha value is -0.120. The molecule has 0 bridgehead atoms. The number of rotatable bonds is 6. The van der Waals surface area contributed by atoms with Crippen LogP contribution < -0.4 is 5.32 Å². The Kier molecular flexibility index (Phi) is 5.58. The van der Waals surface area contributed by atoms with Gasteiger partial charge in [0.15, 0.2) is 0 Å². The summed E-state index contributed by atoms with van der Waals surface area (Å²) in [4.78, 5) is 0. The van der Waals surface area contributed by atoms with Gasteiger partial charge in [-0.25, -0.2) is 0 Å². The summed E-state index contributed by atoms with van der Waals surface area (Å²) in [7, 11) is 1.73. The normalized spacial score (nSPS) is 22.6. The summed E-state index contributed by atoms with van der Waals surface area (Å²) in [5, 5.41) is 13.1. The van der Waals surface area contributed by atoms with Crippen molar-refractivity contribution in [3.63, 3.8) is 0 Å². The Labute approximate surface area is 93.2 Å². The molecule has 3 nitrogen and oxygen atoms in total. The predicted octanol–water partition coefficient (Wildman–Crippen LogP) is 1.70. The average molecular weight is 215 g/mol. The number of hydrogen-bond acceptors (Lipinski definition) is 3. The second-order valence-electron chi connectivity index (χ2n) is 4.83. The van der Waals surface area contributed by atoms with E-state index in [1.807, 2.05) is 0 Å². The summed E-state index contributed by atoms with van der Waals surface area (Å²) in [5.74, 6) is 0. The minimum atomic E-state index is -0.00852. The van der Waals surface area contributed by atoms with Crippen molar-refractivity contribution in [2.24, 2.45) is 0 Å². The first kappa shape index (κ1) is 12.9. The number of methoxy groups -OCH3 is 1. The van der Waals surface area contributed by atoms with E-state index in [9.17, 15) is 5.11 Å². The maximum atomic E-state index is 9.52. The van der Waals surface area contributed by atoms with E-state index in [1.165, 1.54) is 19.3 Å². The highest BCUT2D eigenvalue weighted by Gasteiger charge is 2.31. The molecule has 0 aromatic rings. The summed E-state index contributed by atoms with van der Waals surface area (Å²) in [6, 6.07) is 0.426. The zero-order valence-corrected chi connectivity index (χ0v) is 10.1. The predicted molar refractivity (Wildman–Crippen MR) is 62.0 cm³/mol. The van der Waals surface area contributed by atoms with Crippen LogP contribution in [-0.4, -0.2) is 37.0 Å². The third-order valence-corrected chi connectivity index (χ3v) is 3.42.